The zero-order valence-corrected chi connectivity index (χ0v) is 14.9. The molecular weight excluding hydrogens is 338 g/mol. The maximum atomic E-state index is 11.9. The summed E-state index contributed by atoms with van der Waals surface area (Å²) in [5.41, 5.74) is 0.914. The summed E-state index contributed by atoms with van der Waals surface area (Å²) in [6, 6.07) is 6.60. The highest BCUT2D eigenvalue weighted by atomic mass is 16.5. The number of carbonyl (C=O) groups excluding carboxylic acids is 2. The molecular formula is C19H22NO6-. The Morgan fingerprint density at radius 1 is 1.31 bits per heavy atom. The molecule has 0 aliphatic heterocycles. The molecule has 2 rings (SSSR count). The third-order valence-corrected chi connectivity index (χ3v) is 3.91. The van der Waals surface area contributed by atoms with Crippen LogP contribution < -0.4 is 20.8 Å². The summed E-state index contributed by atoms with van der Waals surface area (Å²) in [5.74, 6) is -1.29. The standard InChI is InChI=1S/C19H23NO6/c1-3-4-5-13-10-18(23)26-16-11-14(6-7-15(13)16)25-12(2)19(24)20-9-8-17(21)22/h6-7,10-12H,3-5,8-9H2,1-2H3,(H,20,24)(H,21,22)/p-1/t12-/m0/s1. The summed E-state index contributed by atoms with van der Waals surface area (Å²) >= 11 is 0. The fraction of sp³-hybridized carbons (Fsp3) is 0.421. The Balaban J connectivity index is 2.11. The van der Waals surface area contributed by atoms with E-state index in [0.717, 1.165) is 30.2 Å². The summed E-state index contributed by atoms with van der Waals surface area (Å²) in [5, 5.41) is 13.7. The number of aryl methyl sites for hydroxylation is 1. The summed E-state index contributed by atoms with van der Waals surface area (Å²) in [7, 11) is 0. The van der Waals surface area contributed by atoms with Crippen molar-refractivity contribution >= 4 is 22.8 Å². The van der Waals surface area contributed by atoms with E-state index in [1.54, 1.807) is 25.1 Å². The van der Waals surface area contributed by atoms with E-state index >= 15 is 0 Å². The van der Waals surface area contributed by atoms with E-state index in [0.29, 0.717) is 11.3 Å². The smallest absolute Gasteiger partial charge is 0.336 e. The SMILES string of the molecule is CCCCc1cc(=O)oc2cc(O[C@@H](C)C(=O)NCCC(=O)[O-])ccc12. The Morgan fingerprint density at radius 2 is 2.08 bits per heavy atom. The minimum absolute atomic E-state index is 0.0255. The molecule has 1 aromatic carbocycles. The first-order valence-electron chi connectivity index (χ1n) is 8.61. The highest BCUT2D eigenvalue weighted by Gasteiger charge is 2.15. The predicted octanol–water partition coefficient (Wildman–Crippen LogP) is 1.16. The van der Waals surface area contributed by atoms with Crippen LogP contribution in [0, 0.1) is 0 Å². The van der Waals surface area contributed by atoms with Gasteiger partial charge in [0.05, 0.1) is 0 Å². The van der Waals surface area contributed by atoms with Gasteiger partial charge in [0.2, 0.25) is 0 Å². The Morgan fingerprint density at radius 3 is 2.77 bits per heavy atom. The number of carboxylic acids is 1. The number of carbonyl (C=O) groups is 2. The van der Waals surface area contributed by atoms with Gasteiger partial charge in [0.25, 0.3) is 5.91 Å². The minimum atomic E-state index is -1.23. The summed E-state index contributed by atoms with van der Waals surface area (Å²) in [6.07, 6.45) is 1.69. The second kappa shape index (κ2) is 9.03. The van der Waals surface area contributed by atoms with Gasteiger partial charge < -0.3 is 24.4 Å². The van der Waals surface area contributed by atoms with Gasteiger partial charge in [-0.25, -0.2) is 4.79 Å². The first kappa shape index (κ1) is 19.5. The number of unbranched alkanes of at least 4 members (excludes halogenated alkanes) is 1. The number of hydrogen-bond donors (Lipinski definition) is 1. The number of nitrogens with one attached hydrogen (secondary N) is 1. The molecule has 1 heterocycles. The van der Waals surface area contributed by atoms with Crippen molar-refractivity contribution in [2.45, 2.75) is 45.6 Å². The van der Waals surface area contributed by atoms with Gasteiger partial charge in [0, 0.05) is 36.5 Å². The van der Waals surface area contributed by atoms with Gasteiger partial charge in [-0.05, 0) is 37.5 Å². The Hall–Kier alpha value is -2.83. The van der Waals surface area contributed by atoms with Crippen LogP contribution in [0.5, 0.6) is 5.75 Å². The highest BCUT2D eigenvalue weighted by Crippen LogP contribution is 2.24. The third-order valence-electron chi connectivity index (χ3n) is 3.91. The largest absolute Gasteiger partial charge is 0.550 e. The normalized spacial score (nSPS) is 11.9. The molecule has 0 bridgehead atoms. The molecule has 0 fully saturated rings. The van der Waals surface area contributed by atoms with E-state index < -0.39 is 23.6 Å². The van der Waals surface area contributed by atoms with Gasteiger partial charge in [0.15, 0.2) is 6.10 Å². The molecule has 0 saturated heterocycles. The summed E-state index contributed by atoms with van der Waals surface area (Å²) in [6.45, 7) is 3.60. The molecule has 2 aromatic rings. The maximum absolute atomic E-state index is 11.9. The van der Waals surface area contributed by atoms with Crippen LogP contribution in [0.4, 0.5) is 0 Å². The van der Waals surface area contributed by atoms with Crippen LogP contribution in [0.15, 0.2) is 33.5 Å². The first-order chi connectivity index (χ1) is 12.4. The van der Waals surface area contributed by atoms with Crippen LogP contribution in [-0.4, -0.2) is 24.5 Å². The molecule has 26 heavy (non-hydrogen) atoms. The van der Waals surface area contributed by atoms with Crippen molar-refractivity contribution < 1.29 is 23.8 Å². The fourth-order valence-corrected chi connectivity index (χ4v) is 2.55. The summed E-state index contributed by atoms with van der Waals surface area (Å²) in [4.78, 5) is 34.0. The molecule has 0 radical (unpaired) electrons. The third kappa shape index (κ3) is 5.34. The monoisotopic (exact) mass is 360 g/mol. The van der Waals surface area contributed by atoms with Crippen molar-refractivity contribution in [2.75, 3.05) is 6.54 Å². The minimum Gasteiger partial charge on any atom is -0.550 e. The number of hydrogen-bond acceptors (Lipinski definition) is 6. The molecule has 0 aliphatic rings. The van der Waals surface area contributed by atoms with Crippen LogP contribution >= 0.6 is 0 Å². The van der Waals surface area contributed by atoms with Gasteiger partial charge in [-0.3, -0.25) is 4.79 Å². The fourth-order valence-electron chi connectivity index (χ4n) is 2.55. The number of amides is 1. The zero-order valence-electron chi connectivity index (χ0n) is 14.9. The number of carboxylic acid groups (broad SMARTS) is 1. The molecule has 0 spiro atoms. The van der Waals surface area contributed by atoms with Crippen LogP contribution in [-0.2, 0) is 16.0 Å². The molecule has 7 nitrogen and oxygen atoms in total. The van der Waals surface area contributed by atoms with Gasteiger partial charge in [-0.15, -0.1) is 0 Å². The number of ether oxygens (including phenoxy) is 1. The van der Waals surface area contributed by atoms with Crippen LogP contribution in [0.2, 0.25) is 0 Å². The summed E-state index contributed by atoms with van der Waals surface area (Å²) < 4.78 is 10.8. The molecule has 1 N–H and O–H groups in total. The average molecular weight is 360 g/mol. The number of rotatable bonds is 9. The second-order valence-corrected chi connectivity index (χ2v) is 6.03. The van der Waals surface area contributed by atoms with E-state index in [-0.39, 0.29) is 13.0 Å². The molecule has 1 atom stereocenters. The van der Waals surface area contributed by atoms with Crippen molar-refractivity contribution in [3.05, 3.63) is 40.2 Å². The van der Waals surface area contributed by atoms with Crippen molar-refractivity contribution in [2.24, 2.45) is 0 Å². The lowest BCUT2D eigenvalue weighted by atomic mass is 10.0. The van der Waals surface area contributed by atoms with Gasteiger partial charge in [0.1, 0.15) is 11.3 Å². The number of aliphatic carboxylic acids is 1. The van der Waals surface area contributed by atoms with Gasteiger partial charge >= 0.3 is 5.63 Å². The highest BCUT2D eigenvalue weighted by molar-refractivity contribution is 5.83. The Labute approximate surface area is 151 Å². The topological polar surface area (TPSA) is 109 Å². The quantitative estimate of drug-likeness (QED) is 0.672. The molecule has 0 aliphatic carbocycles. The van der Waals surface area contributed by atoms with Crippen LogP contribution in [0.3, 0.4) is 0 Å². The lowest BCUT2D eigenvalue weighted by molar-refractivity contribution is -0.305. The predicted molar refractivity (Wildman–Crippen MR) is 93.8 cm³/mol. The molecule has 1 aromatic heterocycles. The molecule has 140 valence electrons. The van der Waals surface area contributed by atoms with Crippen molar-refractivity contribution in [3.8, 4) is 5.75 Å². The van der Waals surface area contributed by atoms with Crippen molar-refractivity contribution in [1.82, 2.24) is 5.32 Å². The molecule has 1 amide bonds. The first-order valence-corrected chi connectivity index (χ1v) is 8.61. The molecule has 7 heteroatoms. The van der Waals surface area contributed by atoms with E-state index in [9.17, 15) is 19.5 Å². The zero-order chi connectivity index (χ0) is 19.1. The van der Waals surface area contributed by atoms with Crippen LogP contribution in [0.25, 0.3) is 11.0 Å². The molecule has 0 saturated carbocycles. The second-order valence-electron chi connectivity index (χ2n) is 6.03. The molecule has 0 unspecified atom stereocenters. The maximum Gasteiger partial charge on any atom is 0.336 e. The van der Waals surface area contributed by atoms with Gasteiger partial charge in [-0.1, -0.05) is 13.3 Å². The average Bonchev–Trinajstić information content (AvgIpc) is 2.58. The number of fused-ring (bicyclic) bond motifs is 1. The van der Waals surface area contributed by atoms with E-state index in [2.05, 4.69) is 12.2 Å². The van der Waals surface area contributed by atoms with Crippen molar-refractivity contribution in [3.63, 3.8) is 0 Å². The van der Waals surface area contributed by atoms with Gasteiger partial charge in [-0.2, -0.15) is 0 Å². The van der Waals surface area contributed by atoms with E-state index in [1.807, 2.05) is 0 Å². The Bertz CT molecular complexity index is 842. The Kier molecular flexibility index (Phi) is 6.77. The van der Waals surface area contributed by atoms with E-state index in [4.69, 9.17) is 9.15 Å². The lowest BCUT2D eigenvalue weighted by Crippen LogP contribution is -2.38. The van der Waals surface area contributed by atoms with E-state index in [1.165, 1.54) is 6.07 Å². The lowest BCUT2D eigenvalue weighted by Gasteiger charge is -2.15. The van der Waals surface area contributed by atoms with Crippen LogP contribution in [0.1, 0.15) is 38.7 Å². The number of benzene rings is 1. The van der Waals surface area contributed by atoms with Crippen molar-refractivity contribution in [1.29, 1.82) is 0 Å².